The number of pyridine rings is 1. The van der Waals surface area contributed by atoms with Gasteiger partial charge in [-0.3, -0.25) is 4.79 Å². The summed E-state index contributed by atoms with van der Waals surface area (Å²) in [6.45, 7) is 0. The second-order valence-corrected chi connectivity index (χ2v) is 3.01. The molecule has 1 heterocycles. The highest BCUT2D eigenvalue weighted by atomic mass is 35.5. The number of rotatable bonds is 2. The third-order valence-corrected chi connectivity index (χ3v) is 1.90. The van der Waals surface area contributed by atoms with Crippen LogP contribution in [0.1, 0.15) is 10.4 Å². The van der Waals surface area contributed by atoms with E-state index in [1.165, 1.54) is 19.3 Å². The molecule has 13 heavy (non-hydrogen) atoms. The van der Waals surface area contributed by atoms with Gasteiger partial charge in [0.25, 0.3) is 10.9 Å². The summed E-state index contributed by atoms with van der Waals surface area (Å²) in [5.74, 6) is 0. The Kier molecular flexibility index (Phi) is 2.95. The first-order chi connectivity index (χ1) is 6.02. The van der Waals surface area contributed by atoms with Gasteiger partial charge in [0.05, 0.1) is 5.56 Å². The zero-order chi connectivity index (χ0) is 10.0. The molecular weight excluding hydrogens is 215 g/mol. The van der Waals surface area contributed by atoms with Crippen molar-refractivity contribution in [2.75, 3.05) is 7.05 Å². The molecule has 6 heteroatoms. The normalized spacial score (nSPS) is 9.77. The molecule has 1 aromatic heterocycles. The van der Waals surface area contributed by atoms with Gasteiger partial charge in [-0.15, -0.1) is 0 Å². The summed E-state index contributed by atoms with van der Waals surface area (Å²) in [6, 6.07) is 1.29. The lowest BCUT2D eigenvalue weighted by Gasteiger charge is -1.94. The van der Waals surface area contributed by atoms with E-state index in [1.807, 2.05) is 0 Å². The van der Waals surface area contributed by atoms with Crippen molar-refractivity contribution >= 4 is 34.1 Å². The fourth-order valence-corrected chi connectivity index (χ4v) is 1.09. The molecule has 0 fully saturated rings. The molecule has 0 amide bonds. The number of nitroso groups, excluding NO2 is 1. The minimum atomic E-state index is -0.674. The molecule has 0 aliphatic heterocycles. The molecule has 0 N–H and O–H groups in total. The quantitative estimate of drug-likeness (QED) is 0.435. The number of carbonyl (C=O) groups is 1. The van der Waals surface area contributed by atoms with Crippen molar-refractivity contribution in [1.29, 1.82) is 0 Å². The molecule has 0 bridgehead atoms. The maximum atomic E-state index is 10.9. The maximum Gasteiger partial charge on any atom is 0.293 e. The summed E-state index contributed by atoms with van der Waals surface area (Å²) in [5.41, 5.74) is 0.261. The van der Waals surface area contributed by atoms with E-state index in [2.05, 4.69) is 4.98 Å². The summed E-state index contributed by atoms with van der Waals surface area (Å²) in [7, 11) is 1.26. The first-order valence-electron chi connectivity index (χ1n) is 3.28. The van der Waals surface area contributed by atoms with E-state index >= 15 is 0 Å². The Bertz CT molecular complexity index is 379. The Hall–Kier alpha value is -1.00. The number of halogens is 2. The van der Waals surface area contributed by atoms with Gasteiger partial charge < -0.3 is 0 Å². The fourth-order valence-electron chi connectivity index (χ4n) is 0.765. The summed E-state index contributed by atoms with van der Waals surface area (Å²) in [4.78, 5) is 25.2. The Morgan fingerprint density at radius 3 is 2.69 bits per heavy atom. The van der Waals surface area contributed by atoms with Crippen LogP contribution in [0.3, 0.4) is 0 Å². The summed E-state index contributed by atoms with van der Waals surface area (Å²) >= 11 is 10.8. The van der Waals surface area contributed by atoms with Crippen LogP contribution >= 0.6 is 23.2 Å². The van der Waals surface area contributed by atoms with E-state index in [4.69, 9.17) is 23.2 Å². The minimum Gasteiger partial charge on any atom is -0.276 e. The molecule has 0 radical (unpaired) electrons. The van der Waals surface area contributed by atoms with Gasteiger partial charge in [0, 0.05) is 21.9 Å². The van der Waals surface area contributed by atoms with Gasteiger partial charge in [0.15, 0.2) is 7.05 Å². The molecule has 0 spiro atoms. The van der Waals surface area contributed by atoms with E-state index in [0.717, 1.165) is 0 Å². The second kappa shape index (κ2) is 3.81. The van der Waals surface area contributed by atoms with E-state index in [-0.39, 0.29) is 16.4 Å². The number of aromatic nitrogens is 1. The standard InChI is InChI=1S/C7H5Cl2N2O2/c1-11(13)5-2-4(7(9)12)3-10-6(5)8/h2-3H,1H3/q+1. The summed E-state index contributed by atoms with van der Waals surface area (Å²) in [5, 5.41) is -0.633. The molecule has 0 aliphatic carbocycles. The molecule has 68 valence electrons. The van der Waals surface area contributed by atoms with Gasteiger partial charge in [-0.1, -0.05) is 11.6 Å². The van der Waals surface area contributed by atoms with Gasteiger partial charge in [-0.05, 0) is 11.6 Å². The smallest absolute Gasteiger partial charge is 0.276 e. The van der Waals surface area contributed by atoms with Crippen LogP contribution in [-0.2, 0) is 0 Å². The van der Waals surface area contributed by atoms with Crippen molar-refractivity contribution in [3.63, 3.8) is 0 Å². The monoisotopic (exact) mass is 219 g/mol. The topological polar surface area (TPSA) is 50.0 Å². The Labute approximate surface area is 84.1 Å². The molecule has 0 aromatic carbocycles. The van der Waals surface area contributed by atoms with Crippen LogP contribution in [0.4, 0.5) is 5.69 Å². The predicted molar refractivity (Wildman–Crippen MR) is 48.6 cm³/mol. The Morgan fingerprint density at radius 1 is 1.62 bits per heavy atom. The molecule has 0 saturated heterocycles. The van der Waals surface area contributed by atoms with Crippen LogP contribution in [0.25, 0.3) is 0 Å². The second-order valence-electron chi connectivity index (χ2n) is 2.31. The molecule has 4 nitrogen and oxygen atoms in total. The molecule has 0 atom stereocenters. The third-order valence-electron chi connectivity index (χ3n) is 1.39. The van der Waals surface area contributed by atoms with E-state index in [0.29, 0.717) is 4.76 Å². The average Bonchev–Trinajstić information content (AvgIpc) is 2.04. The van der Waals surface area contributed by atoms with E-state index < -0.39 is 5.24 Å². The predicted octanol–water partition coefficient (Wildman–Crippen LogP) is 2.15. The van der Waals surface area contributed by atoms with Crippen molar-refractivity contribution < 1.29 is 9.55 Å². The van der Waals surface area contributed by atoms with Crippen molar-refractivity contribution in [2.24, 2.45) is 0 Å². The average molecular weight is 220 g/mol. The van der Waals surface area contributed by atoms with E-state index in [9.17, 15) is 9.70 Å². The van der Waals surface area contributed by atoms with Gasteiger partial charge >= 0.3 is 0 Å². The van der Waals surface area contributed by atoms with Gasteiger partial charge in [-0.25, -0.2) is 4.98 Å². The molecular formula is C7H5Cl2N2O2+. The van der Waals surface area contributed by atoms with Crippen LogP contribution in [0, 0.1) is 4.91 Å². The lowest BCUT2D eigenvalue weighted by Crippen LogP contribution is -1.97. The zero-order valence-electron chi connectivity index (χ0n) is 6.62. The van der Waals surface area contributed by atoms with Crippen molar-refractivity contribution in [3.8, 4) is 0 Å². The zero-order valence-corrected chi connectivity index (χ0v) is 8.13. The van der Waals surface area contributed by atoms with Crippen LogP contribution in [0.15, 0.2) is 12.3 Å². The highest BCUT2D eigenvalue weighted by Gasteiger charge is 2.17. The lowest BCUT2D eigenvalue weighted by molar-refractivity contribution is -0.428. The van der Waals surface area contributed by atoms with Crippen molar-refractivity contribution in [3.05, 3.63) is 27.9 Å². The van der Waals surface area contributed by atoms with Crippen LogP contribution in [-0.4, -0.2) is 22.0 Å². The molecule has 0 aliphatic rings. The highest BCUT2D eigenvalue weighted by Crippen LogP contribution is 2.22. The molecule has 1 rings (SSSR count). The van der Waals surface area contributed by atoms with Gasteiger partial charge in [0.1, 0.15) is 0 Å². The molecule has 0 saturated carbocycles. The van der Waals surface area contributed by atoms with Crippen molar-refractivity contribution in [1.82, 2.24) is 4.98 Å². The minimum absolute atomic E-state index is 0.0409. The first kappa shape index (κ1) is 10.1. The lowest BCUT2D eigenvalue weighted by atomic mass is 10.3. The largest absolute Gasteiger partial charge is 0.293 e. The Morgan fingerprint density at radius 2 is 2.23 bits per heavy atom. The number of carbonyl (C=O) groups excluding carboxylic acids is 1. The molecule has 0 unspecified atom stereocenters. The SMILES string of the molecule is C[N+](=O)c1cc(C(=O)Cl)cnc1Cl. The molecule has 1 aromatic rings. The van der Waals surface area contributed by atoms with Crippen molar-refractivity contribution in [2.45, 2.75) is 0 Å². The number of nitrogens with zero attached hydrogens (tertiary/aromatic N) is 2. The van der Waals surface area contributed by atoms with Gasteiger partial charge in [0.2, 0.25) is 5.15 Å². The van der Waals surface area contributed by atoms with Crippen LogP contribution < -0.4 is 0 Å². The summed E-state index contributed by atoms with van der Waals surface area (Å²) < 4.78 is 0.513. The van der Waals surface area contributed by atoms with E-state index in [1.54, 1.807) is 0 Å². The van der Waals surface area contributed by atoms with Crippen LogP contribution in [0.5, 0.6) is 0 Å². The summed E-state index contributed by atoms with van der Waals surface area (Å²) in [6.07, 6.45) is 1.21. The number of hydrogen-bond acceptors (Lipinski definition) is 3. The Balaban J connectivity index is 3.27. The highest BCUT2D eigenvalue weighted by molar-refractivity contribution is 6.67. The fraction of sp³-hybridized carbons (Fsp3) is 0.143. The first-order valence-corrected chi connectivity index (χ1v) is 4.04. The van der Waals surface area contributed by atoms with Crippen LogP contribution in [0.2, 0.25) is 5.15 Å². The third kappa shape index (κ3) is 2.23. The number of hydrogen-bond donors (Lipinski definition) is 0. The van der Waals surface area contributed by atoms with Gasteiger partial charge in [-0.2, -0.15) is 0 Å². The maximum absolute atomic E-state index is 10.9.